The SMILES string of the molecule is [2H][C@H]1[C@H](O)[C@@H](CO)O[C@H]1n1ccc(=O)[nH]c1=O. The average Bonchev–Trinajstić information content (AvgIpc) is 2.57. The molecule has 0 aromatic carbocycles. The Hall–Kier alpha value is -1.44. The third-order valence-corrected chi connectivity index (χ3v) is 2.36. The molecule has 88 valence electrons. The summed E-state index contributed by atoms with van der Waals surface area (Å²) in [6.07, 6.45) is -3.01. The maximum absolute atomic E-state index is 11.5. The van der Waals surface area contributed by atoms with Gasteiger partial charge in [0.25, 0.3) is 5.56 Å². The molecule has 3 N–H and O–H groups in total. The van der Waals surface area contributed by atoms with E-state index in [1.165, 1.54) is 6.20 Å². The van der Waals surface area contributed by atoms with Crippen molar-refractivity contribution < 1.29 is 16.3 Å². The molecule has 0 amide bonds. The third kappa shape index (κ3) is 1.92. The maximum atomic E-state index is 11.5. The molecule has 7 nitrogen and oxygen atoms in total. The molecule has 4 atom stereocenters. The lowest BCUT2D eigenvalue weighted by molar-refractivity contribution is -0.0459. The van der Waals surface area contributed by atoms with E-state index >= 15 is 0 Å². The highest BCUT2D eigenvalue weighted by atomic mass is 16.5. The number of aromatic amines is 1. The van der Waals surface area contributed by atoms with Gasteiger partial charge in [-0.15, -0.1) is 0 Å². The molecule has 0 saturated carbocycles. The van der Waals surface area contributed by atoms with Crippen molar-refractivity contribution in [1.29, 1.82) is 0 Å². The van der Waals surface area contributed by atoms with Crippen LogP contribution < -0.4 is 11.2 Å². The number of H-pyrrole nitrogens is 1. The summed E-state index contributed by atoms with van der Waals surface area (Å²) in [6.45, 7) is -0.439. The van der Waals surface area contributed by atoms with Crippen LogP contribution in [0, 0.1) is 0 Å². The van der Waals surface area contributed by atoms with Crippen molar-refractivity contribution in [2.75, 3.05) is 6.61 Å². The highest BCUT2D eigenvalue weighted by Crippen LogP contribution is 2.26. The van der Waals surface area contributed by atoms with E-state index in [-0.39, 0.29) is 0 Å². The van der Waals surface area contributed by atoms with Crippen molar-refractivity contribution in [2.24, 2.45) is 0 Å². The number of hydrogen-bond donors (Lipinski definition) is 3. The van der Waals surface area contributed by atoms with Crippen molar-refractivity contribution in [3.63, 3.8) is 0 Å². The van der Waals surface area contributed by atoms with Gasteiger partial charge in [0.15, 0.2) is 0 Å². The number of rotatable bonds is 2. The Kier molecular flexibility index (Phi) is 2.56. The molecule has 2 heterocycles. The van der Waals surface area contributed by atoms with E-state index in [4.69, 9.17) is 11.2 Å². The lowest BCUT2D eigenvalue weighted by Gasteiger charge is -2.13. The zero-order valence-electron chi connectivity index (χ0n) is 9.24. The molecule has 7 heteroatoms. The molecule has 1 saturated heterocycles. The Morgan fingerprint density at radius 2 is 2.44 bits per heavy atom. The molecule has 2 rings (SSSR count). The second kappa shape index (κ2) is 4.20. The van der Waals surface area contributed by atoms with Crippen LogP contribution in [-0.2, 0) is 4.74 Å². The maximum Gasteiger partial charge on any atom is 0.330 e. The van der Waals surface area contributed by atoms with Gasteiger partial charge in [-0.25, -0.2) is 4.79 Å². The standard InChI is InChI=1S/C9H12N2O5/c12-4-6-5(13)3-8(16-6)11-2-1-7(14)10-9(11)15/h1-2,5-6,8,12-13H,3-4H2,(H,10,14,15)/t5-,6+,8+/m0/s1/i3D/t3-,5-,6+,8+. The van der Waals surface area contributed by atoms with E-state index in [2.05, 4.69) is 0 Å². The molecule has 16 heavy (non-hydrogen) atoms. The summed E-state index contributed by atoms with van der Waals surface area (Å²) in [4.78, 5) is 24.4. The molecule has 0 unspecified atom stereocenters. The first-order chi connectivity index (χ1) is 8.04. The van der Waals surface area contributed by atoms with Crippen molar-refractivity contribution in [2.45, 2.75) is 24.8 Å². The van der Waals surface area contributed by atoms with E-state index in [0.717, 1.165) is 10.6 Å². The molecule has 1 aliphatic rings. The van der Waals surface area contributed by atoms with Gasteiger partial charge in [-0.1, -0.05) is 0 Å². The fourth-order valence-electron chi connectivity index (χ4n) is 1.53. The monoisotopic (exact) mass is 229 g/mol. The van der Waals surface area contributed by atoms with Crippen LogP contribution in [0.25, 0.3) is 0 Å². The minimum absolute atomic E-state index is 0.439. The fraction of sp³-hybridized carbons (Fsp3) is 0.556. The minimum atomic E-state index is -1.18. The van der Waals surface area contributed by atoms with Gasteiger partial charge in [-0.2, -0.15) is 0 Å². The molecular weight excluding hydrogens is 216 g/mol. The van der Waals surface area contributed by atoms with Gasteiger partial charge >= 0.3 is 5.69 Å². The number of aliphatic hydroxyl groups is 2. The van der Waals surface area contributed by atoms with Gasteiger partial charge in [0, 0.05) is 20.0 Å². The zero-order valence-corrected chi connectivity index (χ0v) is 8.24. The summed E-state index contributed by atoms with van der Waals surface area (Å²) in [7, 11) is 0. The summed E-state index contributed by atoms with van der Waals surface area (Å²) in [5.41, 5.74) is -1.27. The summed E-state index contributed by atoms with van der Waals surface area (Å²) in [5.74, 6) is 0. The van der Waals surface area contributed by atoms with E-state index in [1.54, 1.807) is 0 Å². The molecule has 0 radical (unpaired) electrons. The van der Waals surface area contributed by atoms with Gasteiger partial charge in [0.2, 0.25) is 0 Å². The molecule has 1 aromatic rings. The molecule has 0 aliphatic carbocycles. The quantitative estimate of drug-likeness (QED) is 0.553. The highest BCUT2D eigenvalue weighted by Gasteiger charge is 2.34. The molecule has 0 spiro atoms. The first kappa shape index (κ1) is 9.76. The lowest BCUT2D eigenvalue weighted by Crippen LogP contribution is -2.31. The van der Waals surface area contributed by atoms with Gasteiger partial charge in [0.1, 0.15) is 12.3 Å². The van der Waals surface area contributed by atoms with Crippen LogP contribution in [0.4, 0.5) is 0 Å². The Morgan fingerprint density at radius 3 is 3.00 bits per heavy atom. The smallest absolute Gasteiger partial charge is 0.330 e. The van der Waals surface area contributed by atoms with Crippen LogP contribution >= 0.6 is 0 Å². The fourth-order valence-corrected chi connectivity index (χ4v) is 1.53. The van der Waals surface area contributed by atoms with Crippen molar-refractivity contribution in [1.82, 2.24) is 9.55 Å². The predicted molar refractivity (Wildman–Crippen MR) is 52.9 cm³/mol. The highest BCUT2D eigenvalue weighted by molar-refractivity contribution is 4.88. The number of nitrogens with zero attached hydrogens (tertiary/aromatic N) is 1. The predicted octanol–water partition coefficient (Wildman–Crippen LogP) is -1.82. The normalized spacial score (nSPS) is 35.0. The van der Waals surface area contributed by atoms with Gasteiger partial charge in [-0.3, -0.25) is 14.3 Å². The molecule has 1 aliphatic heterocycles. The Balaban J connectivity index is 2.35. The zero-order chi connectivity index (χ0) is 12.6. The van der Waals surface area contributed by atoms with Gasteiger partial charge in [0.05, 0.1) is 12.7 Å². The van der Waals surface area contributed by atoms with E-state index in [0.29, 0.717) is 0 Å². The van der Waals surface area contributed by atoms with Crippen LogP contribution in [0.15, 0.2) is 21.9 Å². The second-order valence-electron chi connectivity index (χ2n) is 3.45. The average molecular weight is 229 g/mol. The Bertz CT molecular complexity index is 513. The molecule has 1 fully saturated rings. The summed E-state index contributed by atoms with van der Waals surface area (Å²) >= 11 is 0. The summed E-state index contributed by atoms with van der Waals surface area (Å²) in [6, 6.07) is 1.12. The minimum Gasteiger partial charge on any atom is -0.394 e. The summed E-state index contributed by atoms with van der Waals surface area (Å²) < 4.78 is 13.9. The van der Waals surface area contributed by atoms with Crippen molar-refractivity contribution in [3.8, 4) is 0 Å². The largest absolute Gasteiger partial charge is 0.394 e. The van der Waals surface area contributed by atoms with Crippen molar-refractivity contribution in [3.05, 3.63) is 33.1 Å². The number of aliphatic hydroxyl groups excluding tert-OH is 2. The molecular formula is C9H12N2O5. The van der Waals surface area contributed by atoms with Crippen molar-refractivity contribution >= 4 is 0 Å². The van der Waals surface area contributed by atoms with Crippen LogP contribution in [0.5, 0.6) is 0 Å². The van der Waals surface area contributed by atoms with E-state index < -0.39 is 42.7 Å². The Morgan fingerprint density at radius 1 is 1.69 bits per heavy atom. The number of hydrogen-bond acceptors (Lipinski definition) is 5. The molecule has 0 bridgehead atoms. The number of ether oxygens (including phenoxy) is 1. The van der Waals surface area contributed by atoms with E-state index in [1.807, 2.05) is 4.98 Å². The summed E-state index contributed by atoms with van der Waals surface area (Å²) in [5, 5.41) is 18.5. The molecule has 1 aromatic heterocycles. The van der Waals surface area contributed by atoms with Crippen LogP contribution in [0.3, 0.4) is 0 Å². The van der Waals surface area contributed by atoms with E-state index in [9.17, 15) is 14.7 Å². The second-order valence-corrected chi connectivity index (χ2v) is 3.45. The van der Waals surface area contributed by atoms with Crippen LogP contribution in [-0.4, -0.2) is 38.6 Å². The number of aromatic nitrogens is 2. The third-order valence-electron chi connectivity index (χ3n) is 2.36. The first-order valence-electron chi connectivity index (χ1n) is 5.30. The van der Waals surface area contributed by atoms with Gasteiger partial charge < -0.3 is 14.9 Å². The van der Waals surface area contributed by atoms with Crippen LogP contribution in [0.2, 0.25) is 0 Å². The number of nitrogens with one attached hydrogen (secondary N) is 1. The van der Waals surface area contributed by atoms with Crippen LogP contribution in [0.1, 0.15) is 14.0 Å². The lowest BCUT2D eigenvalue weighted by atomic mass is 10.2. The first-order valence-corrected chi connectivity index (χ1v) is 4.72. The van der Waals surface area contributed by atoms with Gasteiger partial charge in [-0.05, 0) is 0 Å². The Labute approximate surface area is 91.3 Å². The topological polar surface area (TPSA) is 105 Å².